The first kappa shape index (κ1) is 13.2. The molecular formula is C15H22ClN3. The fourth-order valence-electron chi connectivity index (χ4n) is 3.40. The zero-order valence-electron chi connectivity index (χ0n) is 11.5. The molecule has 0 aliphatic carbocycles. The Morgan fingerprint density at radius 1 is 1.32 bits per heavy atom. The van der Waals surface area contributed by atoms with Crippen LogP contribution in [0.15, 0.2) is 18.2 Å². The summed E-state index contributed by atoms with van der Waals surface area (Å²) in [6.07, 6.45) is 2.72. The van der Waals surface area contributed by atoms with Crippen LogP contribution in [-0.2, 0) is 6.54 Å². The third kappa shape index (κ3) is 2.73. The average molecular weight is 280 g/mol. The lowest BCUT2D eigenvalue weighted by Gasteiger charge is -2.39. The molecule has 1 unspecified atom stereocenters. The minimum absolute atomic E-state index is 0.756. The predicted octanol–water partition coefficient (Wildman–Crippen LogP) is 2.34. The van der Waals surface area contributed by atoms with Gasteiger partial charge in [-0.05, 0) is 50.2 Å². The second kappa shape index (κ2) is 5.70. The van der Waals surface area contributed by atoms with Gasteiger partial charge in [0, 0.05) is 42.9 Å². The first-order valence-corrected chi connectivity index (χ1v) is 7.58. The van der Waals surface area contributed by atoms with Gasteiger partial charge in [0.25, 0.3) is 0 Å². The second-order valence-electron chi connectivity index (χ2n) is 5.58. The van der Waals surface area contributed by atoms with Crippen molar-refractivity contribution in [1.29, 1.82) is 0 Å². The van der Waals surface area contributed by atoms with E-state index in [4.69, 9.17) is 11.6 Å². The lowest BCUT2D eigenvalue weighted by molar-refractivity contribution is 0.231. The van der Waals surface area contributed by atoms with Crippen LogP contribution in [0.2, 0.25) is 5.02 Å². The van der Waals surface area contributed by atoms with Crippen molar-refractivity contribution in [1.82, 2.24) is 10.2 Å². The van der Waals surface area contributed by atoms with Gasteiger partial charge in [-0.25, -0.2) is 0 Å². The molecule has 1 aromatic rings. The highest BCUT2D eigenvalue weighted by Gasteiger charge is 2.31. The summed E-state index contributed by atoms with van der Waals surface area (Å²) in [4.78, 5) is 5.18. The predicted molar refractivity (Wildman–Crippen MR) is 81.0 cm³/mol. The summed E-state index contributed by atoms with van der Waals surface area (Å²) >= 11 is 6.13. The average Bonchev–Trinajstić information content (AvgIpc) is 2.86. The monoisotopic (exact) mass is 279 g/mol. The Labute approximate surface area is 120 Å². The molecule has 19 heavy (non-hydrogen) atoms. The number of benzene rings is 1. The molecular weight excluding hydrogens is 258 g/mol. The van der Waals surface area contributed by atoms with E-state index in [1.54, 1.807) is 0 Å². The molecule has 0 spiro atoms. The Morgan fingerprint density at radius 3 is 3.05 bits per heavy atom. The summed E-state index contributed by atoms with van der Waals surface area (Å²) in [5.74, 6) is 0. The molecule has 3 nitrogen and oxygen atoms in total. The molecule has 2 saturated heterocycles. The smallest absolute Gasteiger partial charge is 0.0413 e. The van der Waals surface area contributed by atoms with Crippen molar-refractivity contribution < 1.29 is 0 Å². The van der Waals surface area contributed by atoms with Crippen molar-refractivity contribution >= 4 is 17.3 Å². The van der Waals surface area contributed by atoms with Crippen LogP contribution >= 0.6 is 11.6 Å². The number of fused-ring (bicyclic) bond motifs is 1. The zero-order valence-corrected chi connectivity index (χ0v) is 12.3. The third-order valence-corrected chi connectivity index (χ3v) is 4.57. The van der Waals surface area contributed by atoms with Gasteiger partial charge < -0.3 is 10.2 Å². The van der Waals surface area contributed by atoms with Gasteiger partial charge >= 0.3 is 0 Å². The molecule has 2 aliphatic heterocycles. The van der Waals surface area contributed by atoms with Crippen LogP contribution in [0, 0.1) is 0 Å². The van der Waals surface area contributed by atoms with Crippen molar-refractivity contribution in [3.8, 4) is 0 Å². The molecule has 1 atom stereocenters. The minimum atomic E-state index is 0.756. The molecule has 2 heterocycles. The number of piperazine rings is 1. The Bertz CT molecular complexity index is 449. The van der Waals surface area contributed by atoms with E-state index in [0.717, 1.165) is 24.2 Å². The van der Waals surface area contributed by atoms with Gasteiger partial charge in [0.2, 0.25) is 0 Å². The summed E-state index contributed by atoms with van der Waals surface area (Å²) in [7, 11) is 1.99. The molecule has 0 saturated carbocycles. The van der Waals surface area contributed by atoms with Crippen molar-refractivity contribution in [3.05, 3.63) is 28.8 Å². The Morgan fingerprint density at radius 2 is 2.21 bits per heavy atom. The molecule has 0 bridgehead atoms. The molecule has 104 valence electrons. The second-order valence-corrected chi connectivity index (χ2v) is 6.02. The first-order chi connectivity index (χ1) is 9.28. The van der Waals surface area contributed by atoms with Crippen LogP contribution in [0.4, 0.5) is 5.69 Å². The van der Waals surface area contributed by atoms with E-state index in [1.807, 2.05) is 13.1 Å². The molecule has 1 N–H and O–H groups in total. The number of hydrogen-bond donors (Lipinski definition) is 1. The topological polar surface area (TPSA) is 18.5 Å². The maximum absolute atomic E-state index is 6.13. The Hall–Kier alpha value is -0.770. The van der Waals surface area contributed by atoms with Gasteiger partial charge in [0.15, 0.2) is 0 Å². The SMILES string of the molecule is CNCc1cc(Cl)ccc1N1CCN2CCCC2C1. The number of anilines is 1. The van der Waals surface area contributed by atoms with Crippen LogP contribution in [0.25, 0.3) is 0 Å². The van der Waals surface area contributed by atoms with E-state index in [9.17, 15) is 0 Å². The Balaban J connectivity index is 1.81. The van der Waals surface area contributed by atoms with Gasteiger partial charge in [0.1, 0.15) is 0 Å². The summed E-state index contributed by atoms with van der Waals surface area (Å²) in [5, 5.41) is 4.07. The van der Waals surface area contributed by atoms with Crippen LogP contribution in [-0.4, -0.2) is 44.2 Å². The van der Waals surface area contributed by atoms with E-state index in [0.29, 0.717) is 0 Å². The van der Waals surface area contributed by atoms with Gasteiger partial charge in [-0.1, -0.05) is 11.6 Å². The molecule has 2 fully saturated rings. The van der Waals surface area contributed by atoms with Crippen LogP contribution in [0.5, 0.6) is 0 Å². The van der Waals surface area contributed by atoms with Crippen LogP contribution in [0.3, 0.4) is 0 Å². The maximum Gasteiger partial charge on any atom is 0.0413 e. The van der Waals surface area contributed by atoms with Crippen LogP contribution in [0.1, 0.15) is 18.4 Å². The molecule has 0 amide bonds. The highest BCUT2D eigenvalue weighted by Crippen LogP contribution is 2.29. The van der Waals surface area contributed by atoms with Crippen molar-refractivity contribution in [3.63, 3.8) is 0 Å². The van der Waals surface area contributed by atoms with Crippen molar-refractivity contribution in [2.45, 2.75) is 25.4 Å². The lowest BCUT2D eigenvalue weighted by atomic mass is 10.1. The minimum Gasteiger partial charge on any atom is -0.368 e. The lowest BCUT2D eigenvalue weighted by Crippen LogP contribution is -2.50. The Kier molecular flexibility index (Phi) is 3.96. The van der Waals surface area contributed by atoms with E-state index >= 15 is 0 Å². The highest BCUT2D eigenvalue weighted by molar-refractivity contribution is 6.30. The third-order valence-electron chi connectivity index (χ3n) is 4.34. The quantitative estimate of drug-likeness (QED) is 0.916. The first-order valence-electron chi connectivity index (χ1n) is 7.20. The molecule has 4 heteroatoms. The van der Waals surface area contributed by atoms with Gasteiger partial charge in [-0.3, -0.25) is 4.90 Å². The van der Waals surface area contributed by atoms with E-state index in [2.05, 4.69) is 27.2 Å². The summed E-state index contributed by atoms with van der Waals surface area (Å²) in [6.45, 7) is 5.67. The van der Waals surface area contributed by atoms with E-state index in [-0.39, 0.29) is 0 Å². The summed E-state index contributed by atoms with van der Waals surface area (Å²) in [6, 6.07) is 7.04. The molecule has 0 radical (unpaired) electrons. The van der Waals surface area contributed by atoms with Crippen molar-refractivity contribution in [2.75, 3.05) is 38.1 Å². The van der Waals surface area contributed by atoms with E-state index in [1.165, 1.54) is 43.7 Å². The molecule has 1 aromatic carbocycles. The number of hydrogen-bond acceptors (Lipinski definition) is 3. The number of rotatable bonds is 3. The number of halogens is 1. The summed E-state index contributed by atoms with van der Waals surface area (Å²) < 4.78 is 0. The largest absolute Gasteiger partial charge is 0.368 e. The zero-order chi connectivity index (χ0) is 13.2. The van der Waals surface area contributed by atoms with E-state index < -0.39 is 0 Å². The normalized spacial score (nSPS) is 23.7. The molecule has 3 rings (SSSR count). The molecule has 2 aliphatic rings. The molecule has 0 aromatic heterocycles. The van der Waals surface area contributed by atoms with Crippen LogP contribution < -0.4 is 10.2 Å². The van der Waals surface area contributed by atoms with Crippen molar-refractivity contribution in [2.24, 2.45) is 0 Å². The number of nitrogens with zero attached hydrogens (tertiary/aromatic N) is 2. The highest BCUT2D eigenvalue weighted by atomic mass is 35.5. The van der Waals surface area contributed by atoms with Gasteiger partial charge in [-0.2, -0.15) is 0 Å². The standard InChI is InChI=1S/C15H22ClN3/c1-17-10-12-9-13(16)4-5-15(12)19-8-7-18-6-2-3-14(18)11-19/h4-5,9,14,17H,2-3,6-8,10-11H2,1H3. The fraction of sp³-hybridized carbons (Fsp3) is 0.600. The summed E-state index contributed by atoms with van der Waals surface area (Å²) in [5.41, 5.74) is 2.66. The fourth-order valence-corrected chi connectivity index (χ4v) is 3.60. The van der Waals surface area contributed by atoms with Gasteiger partial charge in [-0.15, -0.1) is 0 Å². The van der Waals surface area contributed by atoms with Gasteiger partial charge in [0.05, 0.1) is 0 Å². The maximum atomic E-state index is 6.13. The number of nitrogens with one attached hydrogen (secondary N) is 1.